The molecule has 0 saturated heterocycles. The molecule has 0 amide bonds. The van der Waals surface area contributed by atoms with E-state index in [-0.39, 0.29) is 5.78 Å². The Morgan fingerprint density at radius 3 is 2.38 bits per heavy atom. The standard InChI is InChI=1S/C23H24O6/c1-13(23(10-11-23)22(25)26)29-20-17(7-9-19(27-2)21(20)28-3)15-4-6-16-14(12-15)5-8-18(16)24/h4,6-7,9,12-13H,5,8,10-11H2,1-3H3,(H,25,26). The number of aryl methyl sites for hydroxylation is 1. The molecule has 4 rings (SSSR count). The van der Waals surface area contributed by atoms with Crippen LogP contribution in [-0.4, -0.2) is 37.2 Å². The van der Waals surface area contributed by atoms with Crippen LogP contribution in [0.1, 0.15) is 42.1 Å². The third kappa shape index (κ3) is 3.12. The highest BCUT2D eigenvalue weighted by molar-refractivity contribution is 6.01. The summed E-state index contributed by atoms with van der Waals surface area (Å²) in [5.41, 5.74) is 2.59. The van der Waals surface area contributed by atoms with Gasteiger partial charge in [-0.25, -0.2) is 0 Å². The molecule has 6 heteroatoms. The molecular formula is C23H24O6. The van der Waals surface area contributed by atoms with Gasteiger partial charge in [-0.2, -0.15) is 0 Å². The van der Waals surface area contributed by atoms with Crippen LogP contribution in [0.5, 0.6) is 17.2 Å². The Kier molecular flexibility index (Phi) is 4.73. The fraction of sp³-hybridized carbons (Fsp3) is 0.391. The van der Waals surface area contributed by atoms with Gasteiger partial charge in [0.2, 0.25) is 5.75 Å². The predicted molar refractivity (Wildman–Crippen MR) is 107 cm³/mol. The number of benzene rings is 2. The lowest BCUT2D eigenvalue weighted by Gasteiger charge is -2.25. The van der Waals surface area contributed by atoms with Gasteiger partial charge in [-0.15, -0.1) is 0 Å². The molecule has 2 aromatic rings. The Morgan fingerprint density at radius 1 is 1.03 bits per heavy atom. The lowest BCUT2D eigenvalue weighted by molar-refractivity contribution is -0.146. The number of hydrogen-bond donors (Lipinski definition) is 1. The maximum absolute atomic E-state index is 12.0. The van der Waals surface area contributed by atoms with Crippen LogP contribution in [0.4, 0.5) is 0 Å². The van der Waals surface area contributed by atoms with Gasteiger partial charge < -0.3 is 19.3 Å². The third-order valence-electron chi connectivity index (χ3n) is 6.13. The molecule has 1 atom stereocenters. The number of Topliss-reactive ketones (excluding diaryl/α,β-unsaturated/α-hetero) is 1. The van der Waals surface area contributed by atoms with Crippen molar-refractivity contribution in [1.82, 2.24) is 0 Å². The van der Waals surface area contributed by atoms with Crippen LogP contribution in [0, 0.1) is 5.41 Å². The number of carbonyl (C=O) groups excluding carboxylic acids is 1. The van der Waals surface area contributed by atoms with E-state index in [2.05, 4.69) is 0 Å². The monoisotopic (exact) mass is 396 g/mol. The van der Waals surface area contributed by atoms with E-state index in [1.54, 1.807) is 20.1 Å². The maximum Gasteiger partial charge on any atom is 0.313 e. The number of carboxylic acids is 1. The van der Waals surface area contributed by atoms with Crippen LogP contribution >= 0.6 is 0 Å². The number of rotatable bonds is 7. The SMILES string of the molecule is COc1ccc(-c2ccc3c(c2)CCC3=O)c(OC(C)C2(C(=O)O)CC2)c1OC. The highest BCUT2D eigenvalue weighted by Crippen LogP contribution is 2.53. The van der Waals surface area contributed by atoms with E-state index in [9.17, 15) is 14.7 Å². The number of ether oxygens (including phenoxy) is 3. The van der Waals surface area contributed by atoms with Crippen molar-refractivity contribution in [1.29, 1.82) is 0 Å². The van der Waals surface area contributed by atoms with Gasteiger partial charge in [-0.05, 0) is 49.4 Å². The molecule has 152 valence electrons. The normalized spacial score (nSPS) is 17.4. The number of aliphatic carboxylic acids is 1. The summed E-state index contributed by atoms with van der Waals surface area (Å²) in [6.45, 7) is 1.78. The zero-order valence-electron chi connectivity index (χ0n) is 16.8. The fourth-order valence-electron chi connectivity index (χ4n) is 4.08. The second kappa shape index (κ2) is 7.10. The molecule has 0 bridgehead atoms. The smallest absolute Gasteiger partial charge is 0.313 e. The molecule has 1 unspecified atom stereocenters. The minimum atomic E-state index is -0.865. The molecule has 0 radical (unpaired) electrons. The minimum absolute atomic E-state index is 0.168. The van der Waals surface area contributed by atoms with Crippen LogP contribution in [0.2, 0.25) is 0 Å². The van der Waals surface area contributed by atoms with Crippen LogP contribution in [0.25, 0.3) is 11.1 Å². The zero-order chi connectivity index (χ0) is 20.8. The van der Waals surface area contributed by atoms with Gasteiger partial charge in [-0.1, -0.05) is 18.2 Å². The van der Waals surface area contributed by atoms with Crippen LogP contribution in [-0.2, 0) is 11.2 Å². The summed E-state index contributed by atoms with van der Waals surface area (Å²) in [6.07, 6.45) is 1.91. The van der Waals surface area contributed by atoms with Gasteiger partial charge in [-0.3, -0.25) is 9.59 Å². The van der Waals surface area contributed by atoms with Crippen molar-refractivity contribution in [2.45, 2.75) is 38.7 Å². The Hall–Kier alpha value is -3.02. The second-order valence-electron chi connectivity index (χ2n) is 7.69. The Balaban J connectivity index is 1.80. The van der Waals surface area contributed by atoms with Crippen LogP contribution in [0.3, 0.4) is 0 Å². The lowest BCUT2D eigenvalue weighted by Crippen LogP contribution is -2.32. The molecule has 2 aliphatic rings. The Morgan fingerprint density at radius 2 is 1.76 bits per heavy atom. The van der Waals surface area contributed by atoms with Crippen LogP contribution < -0.4 is 14.2 Å². The molecular weight excluding hydrogens is 372 g/mol. The van der Waals surface area contributed by atoms with Crippen molar-refractivity contribution in [2.75, 3.05) is 14.2 Å². The first-order valence-corrected chi connectivity index (χ1v) is 9.73. The first-order valence-electron chi connectivity index (χ1n) is 9.73. The van der Waals surface area contributed by atoms with Crippen molar-refractivity contribution in [3.8, 4) is 28.4 Å². The number of fused-ring (bicyclic) bond motifs is 1. The van der Waals surface area contributed by atoms with Crippen molar-refractivity contribution in [2.24, 2.45) is 5.41 Å². The zero-order valence-corrected chi connectivity index (χ0v) is 16.8. The first-order chi connectivity index (χ1) is 13.9. The molecule has 1 N–H and O–H groups in total. The highest BCUT2D eigenvalue weighted by atomic mass is 16.5. The van der Waals surface area contributed by atoms with Crippen molar-refractivity contribution in [3.05, 3.63) is 41.5 Å². The third-order valence-corrected chi connectivity index (χ3v) is 6.13. The minimum Gasteiger partial charge on any atom is -0.493 e. The molecule has 1 fully saturated rings. The van der Waals surface area contributed by atoms with Gasteiger partial charge in [0.15, 0.2) is 17.3 Å². The molecule has 0 heterocycles. The summed E-state index contributed by atoms with van der Waals surface area (Å²) in [5.74, 6) is 0.714. The van der Waals surface area contributed by atoms with Gasteiger partial charge in [0.25, 0.3) is 0 Å². The Bertz CT molecular complexity index is 989. The summed E-state index contributed by atoms with van der Waals surface area (Å²) in [6, 6.07) is 9.42. The largest absolute Gasteiger partial charge is 0.493 e. The van der Waals surface area contributed by atoms with Gasteiger partial charge in [0, 0.05) is 17.5 Å². The molecule has 2 aliphatic carbocycles. The maximum atomic E-state index is 12.0. The van der Waals surface area contributed by atoms with Crippen molar-refractivity contribution in [3.63, 3.8) is 0 Å². The van der Waals surface area contributed by atoms with Crippen molar-refractivity contribution >= 4 is 11.8 Å². The fourth-order valence-corrected chi connectivity index (χ4v) is 4.08. The summed E-state index contributed by atoms with van der Waals surface area (Å²) in [4.78, 5) is 23.7. The summed E-state index contributed by atoms with van der Waals surface area (Å²) in [5, 5.41) is 9.63. The number of methoxy groups -OCH3 is 2. The van der Waals surface area contributed by atoms with Gasteiger partial charge >= 0.3 is 5.97 Å². The number of ketones is 1. The van der Waals surface area contributed by atoms with E-state index in [0.717, 1.165) is 28.7 Å². The number of carbonyl (C=O) groups is 2. The second-order valence-corrected chi connectivity index (χ2v) is 7.69. The van der Waals surface area contributed by atoms with Gasteiger partial charge in [0.05, 0.1) is 14.2 Å². The molecule has 1 saturated carbocycles. The van der Waals surface area contributed by atoms with Crippen molar-refractivity contribution < 1.29 is 28.9 Å². The topological polar surface area (TPSA) is 82.1 Å². The molecule has 6 nitrogen and oxygen atoms in total. The van der Waals surface area contributed by atoms with E-state index in [0.29, 0.717) is 36.5 Å². The summed E-state index contributed by atoms with van der Waals surface area (Å²) >= 11 is 0. The lowest BCUT2D eigenvalue weighted by atomic mass is 9.98. The number of carboxylic acid groups (broad SMARTS) is 1. The van der Waals surface area contributed by atoms with E-state index in [1.165, 1.54) is 7.11 Å². The van der Waals surface area contributed by atoms with E-state index >= 15 is 0 Å². The Labute approximate surface area is 169 Å². The summed E-state index contributed by atoms with van der Waals surface area (Å²) in [7, 11) is 3.08. The van der Waals surface area contributed by atoms with Gasteiger partial charge in [0.1, 0.15) is 11.5 Å². The summed E-state index contributed by atoms with van der Waals surface area (Å²) < 4.78 is 17.2. The van der Waals surface area contributed by atoms with Crippen LogP contribution in [0.15, 0.2) is 30.3 Å². The molecule has 29 heavy (non-hydrogen) atoms. The predicted octanol–water partition coefficient (Wildman–Crippen LogP) is 4.13. The highest BCUT2D eigenvalue weighted by Gasteiger charge is 2.56. The molecule has 0 spiro atoms. The first kappa shape index (κ1) is 19.3. The molecule has 2 aromatic carbocycles. The average Bonchev–Trinajstić information content (AvgIpc) is 3.46. The average molecular weight is 396 g/mol. The van der Waals surface area contributed by atoms with E-state index in [4.69, 9.17) is 14.2 Å². The molecule has 0 aliphatic heterocycles. The quantitative estimate of drug-likeness (QED) is 0.758. The van der Waals surface area contributed by atoms with E-state index in [1.807, 2.05) is 24.3 Å². The number of hydrogen-bond acceptors (Lipinski definition) is 5. The molecule has 0 aromatic heterocycles. The van der Waals surface area contributed by atoms with E-state index < -0.39 is 17.5 Å².